The Hall–Kier alpha value is -1.40. The molecule has 0 saturated heterocycles. The van der Waals surface area contributed by atoms with Gasteiger partial charge in [-0.3, -0.25) is 4.79 Å². The Balaban J connectivity index is 2.08. The molecule has 0 aromatic heterocycles. The molecule has 1 aromatic rings. The SMILES string of the molecule is NS(=O)(=O)c1ccc(NC2CCCCCC2=O)cc1. The summed E-state index contributed by atoms with van der Waals surface area (Å²) in [5.41, 5.74) is 0.743. The second kappa shape index (κ2) is 5.71. The van der Waals surface area contributed by atoms with Crippen molar-refractivity contribution in [3.63, 3.8) is 0 Å². The molecule has 0 radical (unpaired) electrons. The highest BCUT2D eigenvalue weighted by Crippen LogP contribution is 2.20. The lowest BCUT2D eigenvalue weighted by molar-refractivity contribution is -0.119. The molecule has 0 aliphatic heterocycles. The predicted molar refractivity (Wildman–Crippen MR) is 73.3 cm³/mol. The van der Waals surface area contributed by atoms with Crippen LogP contribution in [0, 0.1) is 0 Å². The molecule has 3 N–H and O–H groups in total. The van der Waals surface area contributed by atoms with Crippen LogP contribution in [0.1, 0.15) is 32.1 Å². The number of benzene rings is 1. The number of ketones is 1. The van der Waals surface area contributed by atoms with Crippen LogP contribution in [0.5, 0.6) is 0 Å². The van der Waals surface area contributed by atoms with Gasteiger partial charge in [-0.05, 0) is 37.1 Å². The highest BCUT2D eigenvalue weighted by Gasteiger charge is 2.20. The van der Waals surface area contributed by atoms with Gasteiger partial charge in [0.25, 0.3) is 0 Å². The first-order valence-corrected chi connectivity index (χ1v) is 7.93. The topological polar surface area (TPSA) is 89.3 Å². The van der Waals surface area contributed by atoms with Crippen LogP contribution in [0.2, 0.25) is 0 Å². The Morgan fingerprint density at radius 2 is 1.79 bits per heavy atom. The molecule has 1 unspecified atom stereocenters. The van der Waals surface area contributed by atoms with E-state index in [4.69, 9.17) is 5.14 Å². The van der Waals surface area contributed by atoms with E-state index in [2.05, 4.69) is 5.32 Å². The fourth-order valence-electron chi connectivity index (χ4n) is 2.25. The summed E-state index contributed by atoms with van der Waals surface area (Å²) >= 11 is 0. The molecule has 1 fully saturated rings. The van der Waals surface area contributed by atoms with Crippen molar-refractivity contribution in [2.75, 3.05) is 5.32 Å². The molecule has 1 saturated carbocycles. The Morgan fingerprint density at radius 1 is 1.11 bits per heavy atom. The van der Waals surface area contributed by atoms with Crippen LogP contribution in [0.4, 0.5) is 5.69 Å². The number of Topliss-reactive ketones (excluding diaryl/α,β-unsaturated/α-hetero) is 1. The lowest BCUT2D eigenvalue weighted by Crippen LogP contribution is -2.28. The molecular weight excluding hydrogens is 264 g/mol. The summed E-state index contributed by atoms with van der Waals surface area (Å²) in [5, 5.41) is 8.20. The number of nitrogens with two attached hydrogens (primary N) is 1. The van der Waals surface area contributed by atoms with Crippen molar-refractivity contribution in [2.24, 2.45) is 5.14 Å². The van der Waals surface area contributed by atoms with Crippen molar-refractivity contribution in [2.45, 2.75) is 43.0 Å². The van der Waals surface area contributed by atoms with Gasteiger partial charge in [-0.25, -0.2) is 13.6 Å². The molecule has 5 nitrogen and oxygen atoms in total. The van der Waals surface area contributed by atoms with Gasteiger partial charge in [0.2, 0.25) is 10.0 Å². The van der Waals surface area contributed by atoms with Gasteiger partial charge in [0.15, 0.2) is 5.78 Å². The molecule has 0 bridgehead atoms. The first kappa shape index (κ1) is 14.0. The third-order valence-electron chi connectivity index (χ3n) is 3.33. The number of carbonyl (C=O) groups is 1. The molecule has 1 aliphatic carbocycles. The smallest absolute Gasteiger partial charge is 0.238 e. The van der Waals surface area contributed by atoms with Gasteiger partial charge in [0, 0.05) is 12.1 Å². The molecule has 0 amide bonds. The number of sulfonamides is 1. The molecule has 104 valence electrons. The maximum atomic E-state index is 11.9. The molecule has 1 atom stereocenters. The minimum absolute atomic E-state index is 0.0743. The van der Waals surface area contributed by atoms with Gasteiger partial charge in [0.1, 0.15) is 0 Å². The number of rotatable bonds is 3. The van der Waals surface area contributed by atoms with E-state index >= 15 is 0 Å². The van der Waals surface area contributed by atoms with Crippen LogP contribution in [-0.4, -0.2) is 20.2 Å². The van der Waals surface area contributed by atoms with Crippen molar-refractivity contribution in [3.8, 4) is 0 Å². The number of carbonyl (C=O) groups excluding carboxylic acids is 1. The molecule has 6 heteroatoms. The molecule has 2 rings (SSSR count). The van der Waals surface area contributed by atoms with Gasteiger partial charge in [0.05, 0.1) is 10.9 Å². The number of nitrogens with one attached hydrogen (secondary N) is 1. The van der Waals surface area contributed by atoms with Gasteiger partial charge in [-0.1, -0.05) is 12.8 Å². The van der Waals surface area contributed by atoms with Crippen molar-refractivity contribution in [3.05, 3.63) is 24.3 Å². The quantitative estimate of drug-likeness (QED) is 0.825. The van der Waals surface area contributed by atoms with Gasteiger partial charge in [-0.2, -0.15) is 0 Å². The van der Waals surface area contributed by atoms with E-state index in [1.807, 2.05) is 0 Å². The fourth-order valence-corrected chi connectivity index (χ4v) is 2.77. The van der Waals surface area contributed by atoms with E-state index in [0.717, 1.165) is 31.4 Å². The van der Waals surface area contributed by atoms with E-state index in [1.165, 1.54) is 12.1 Å². The Labute approximate surface area is 113 Å². The summed E-state index contributed by atoms with van der Waals surface area (Å²) in [7, 11) is -3.66. The molecule has 19 heavy (non-hydrogen) atoms. The van der Waals surface area contributed by atoms with Crippen LogP contribution >= 0.6 is 0 Å². The number of primary sulfonamides is 1. The predicted octanol–water partition coefficient (Wildman–Crippen LogP) is 1.65. The first-order chi connectivity index (χ1) is 8.97. The van der Waals surface area contributed by atoms with Crippen LogP contribution in [-0.2, 0) is 14.8 Å². The maximum Gasteiger partial charge on any atom is 0.238 e. The van der Waals surface area contributed by atoms with Gasteiger partial charge in [-0.15, -0.1) is 0 Å². The van der Waals surface area contributed by atoms with Gasteiger partial charge >= 0.3 is 0 Å². The first-order valence-electron chi connectivity index (χ1n) is 6.39. The summed E-state index contributed by atoms with van der Waals surface area (Å²) < 4.78 is 22.3. The summed E-state index contributed by atoms with van der Waals surface area (Å²) in [5.74, 6) is 0.230. The molecule has 0 spiro atoms. The molecule has 1 aromatic carbocycles. The lowest BCUT2D eigenvalue weighted by Gasteiger charge is -2.16. The molecule has 0 heterocycles. The zero-order valence-electron chi connectivity index (χ0n) is 10.6. The van der Waals surface area contributed by atoms with Crippen LogP contribution < -0.4 is 10.5 Å². The average Bonchev–Trinajstić information content (AvgIpc) is 2.55. The summed E-state index contributed by atoms with van der Waals surface area (Å²) in [6, 6.07) is 6.00. The number of anilines is 1. The summed E-state index contributed by atoms with van der Waals surface area (Å²) in [4.78, 5) is 11.9. The fraction of sp³-hybridized carbons (Fsp3) is 0.462. The minimum atomic E-state index is -3.66. The normalized spacial score (nSPS) is 20.9. The Morgan fingerprint density at radius 3 is 2.42 bits per heavy atom. The summed E-state index contributed by atoms with van der Waals surface area (Å²) in [6.07, 6.45) is 4.54. The van der Waals surface area contributed by atoms with E-state index in [1.54, 1.807) is 12.1 Å². The van der Waals surface area contributed by atoms with E-state index in [9.17, 15) is 13.2 Å². The Bertz CT molecular complexity index is 552. The minimum Gasteiger partial charge on any atom is -0.375 e. The van der Waals surface area contributed by atoms with E-state index in [-0.39, 0.29) is 16.7 Å². The van der Waals surface area contributed by atoms with Crippen LogP contribution in [0.25, 0.3) is 0 Å². The highest BCUT2D eigenvalue weighted by molar-refractivity contribution is 7.89. The van der Waals surface area contributed by atoms with Crippen molar-refractivity contribution >= 4 is 21.5 Å². The van der Waals surface area contributed by atoms with Crippen molar-refractivity contribution < 1.29 is 13.2 Å². The van der Waals surface area contributed by atoms with E-state index < -0.39 is 10.0 Å². The molecular formula is C13H18N2O3S. The Kier molecular flexibility index (Phi) is 4.21. The van der Waals surface area contributed by atoms with Crippen molar-refractivity contribution in [1.29, 1.82) is 0 Å². The lowest BCUT2D eigenvalue weighted by atomic mass is 10.1. The summed E-state index contributed by atoms with van der Waals surface area (Å²) in [6.45, 7) is 0. The monoisotopic (exact) mass is 282 g/mol. The largest absolute Gasteiger partial charge is 0.375 e. The second-order valence-corrected chi connectivity index (χ2v) is 6.39. The number of hydrogen-bond donors (Lipinski definition) is 2. The third-order valence-corrected chi connectivity index (χ3v) is 4.26. The zero-order chi connectivity index (χ0) is 13.9. The maximum absolute atomic E-state index is 11.9. The highest BCUT2D eigenvalue weighted by atomic mass is 32.2. The second-order valence-electron chi connectivity index (χ2n) is 4.83. The standard InChI is InChI=1S/C13H18N2O3S/c14-19(17,18)11-8-6-10(7-9-11)15-12-4-2-1-3-5-13(12)16/h6-9,12,15H,1-5H2,(H2,14,17,18). The molecule has 1 aliphatic rings. The van der Waals surface area contributed by atoms with Crippen molar-refractivity contribution in [1.82, 2.24) is 0 Å². The zero-order valence-corrected chi connectivity index (χ0v) is 11.4. The number of hydrogen-bond acceptors (Lipinski definition) is 4. The van der Waals surface area contributed by atoms with Crippen LogP contribution in [0.3, 0.4) is 0 Å². The van der Waals surface area contributed by atoms with Crippen LogP contribution in [0.15, 0.2) is 29.2 Å². The van der Waals surface area contributed by atoms with E-state index in [0.29, 0.717) is 6.42 Å². The third kappa shape index (κ3) is 3.78. The average molecular weight is 282 g/mol. The van der Waals surface area contributed by atoms with Gasteiger partial charge < -0.3 is 5.32 Å².